The van der Waals surface area contributed by atoms with Gasteiger partial charge in [0, 0.05) is 0 Å². The molecule has 2 aliphatic rings. The van der Waals surface area contributed by atoms with E-state index in [-0.39, 0.29) is 0 Å². The summed E-state index contributed by atoms with van der Waals surface area (Å²) >= 11 is 0. The predicted octanol–water partition coefficient (Wildman–Crippen LogP) is 4.73. The van der Waals surface area contributed by atoms with Gasteiger partial charge in [0.25, 0.3) is 0 Å². The maximum Gasteiger partial charge on any atom is -0.0132 e. The third-order valence-corrected chi connectivity index (χ3v) is 4.48. The van der Waals surface area contributed by atoms with E-state index in [0.717, 1.165) is 17.8 Å². The summed E-state index contributed by atoms with van der Waals surface area (Å²) < 4.78 is 0. The van der Waals surface area contributed by atoms with Crippen molar-refractivity contribution >= 4 is 0 Å². The lowest BCUT2D eigenvalue weighted by Gasteiger charge is -2.41. The minimum Gasteiger partial charge on any atom is -0.0998 e. The summed E-state index contributed by atoms with van der Waals surface area (Å²) in [7, 11) is 0. The highest BCUT2D eigenvalue weighted by molar-refractivity contribution is 5.26. The second kappa shape index (κ2) is 4.15. The van der Waals surface area contributed by atoms with Crippen molar-refractivity contribution in [1.82, 2.24) is 0 Å². The highest BCUT2D eigenvalue weighted by atomic mass is 14.4. The Morgan fingerprint density at radius 3 is 2.60 bits per heavy atom. The fourth-order valence-electron chi connectivity index (χ4n) is 3.52. The molecule has 0 aromatic rings. The van der Waals surface area contributed by atoms with Crippen LogP contribution in [0.15, 0.2) is 23.3 Å². The predicted molar refractivity (Wildman–Crippen MR) is 66.7 cm³/mol. The van der Waals surface area contributed by atoms with Crippen molar-refractivity contribution in [2.75, 3.05) is 0 Å². The first kappa shape index (κ1) is 11.0. The molecule has 1 fully saturated rings. The quantitative estimate of drug-likeness (QED) is 0.542. The van der Waals surface area contributed by atoms with Crippen molar-refractivity contribution in [3.05, 3.63) is 23.3 Å². The molecule has 0 heteroatoms. The van der Waals surface area contributed by atoms with E-state index in [1.807, 2.05) is 0 Å². The van der Waals surface area contributed by atoms with Gasteiger partial charge in [-0.2, -0.15) is 0 Å². The van der Waals surface area contributed by atoms with Gasteiger partial charge in [0.2, 0.25) is 0 Å². The molecule has 2 atom stereocenters. The van der Waals surface area contributed by atoms with E-state index in [9.17, 15) is 0 Å². The average molecular weight is 204 g/mol. The molecule has 0 aromatic carbocycles. The van der Waals surface area contributed by atoms with Crippen molar-refractivity contribution in [3.8, 4) is 0 Å². The molecule has 0 bridgehead atoms. The second-order valence-electron chi connectivity index (χ2n) is 5.81. The smallest absolute Gasteiger partial charge is 0.0132 e. The van der Waals surface area contributed by atoms with Crippen LogP contribution in [0.25, 0.3) is 0 Å². The molecule has 84 valence electrons. The summed E-state index contributed by atoms with van der Waals surface area (Å²) in [4.78, 5) is 0. The van der Waals surface area contributed by atoms with Gasteiger partial charge >= 0.3 is 0 Å². The van der Waals surface area contributed by atoms with E-state index in [1.54, 1.807) is 11.1 Å². The average Bonchev–Trinajstić information content (AvgIpc) is 2.17. The van der Waals surface area contributed by atoms with Crippen LogP contribution < -0.4 is 0 Å². The topological polar surface area (TPSA) is 0 Å². The lowest BCUT2D eigenvalue weighted by Crippen LogP contribution is -2.29. The van der Waals surface area contributed by atoms with Crippen LogP contribution >= 0.6 is 0 Å². The molecule has 0 radical (unpaired) electrons. The maximum absolute atomic E-state index is 4.20. The Morgan fingerprint density at radius 2 is 1.93 bits per heavy atom. The van der Waals surface area contributed by atoms with Crippen molar-refractivity contribution in [2.45, 2.75) is 52.9 Å². The summed E-state index contributed by atoms with van der Waals surface area (Å²) in [5.74, 6) is 2.60. The molecule has 0 spiro atoms. The lowest BCUT2D eigenvalue weighted by atomic mass is 9.65. The van der Waals surface area contributed by atoms with Crippen LogP contribution in [-0.2, 0) is 0 Å². The molecule has 2 aliphatic carbocycles. The maximum atomic E-state index is 4.20. The molecule has 0 unspecified atom stereocenters. The first-order valence-corrected chi connectivity index (χ1v) is 6.44. The number of rotatable bonds is 1. The zero-order valence-corrected chi connectivity index (χ0v) is 10.5. The molecule has 0 N–H and O–H groups in total. The molecule has 0 saturated heterocycles. The molecule has 15 heavy (non-hydrogen) atoms. The Bertz CT molecular complexity index is 293. The molecule has 0 nitrogen and oxygen atoms in total. The van der Waals surface area contributed by atoms with Gasteiger partial charge in [-0.25, -0.2) is 0 Å². The normalized spacial score (nSPS) is 32.1. The third-order valence-electron chi connectivity index (χ3n) is 4.48. The zero-order valence-electron chi connectivity index (χ0n) is 10.5. The third kappa shape index (κ3) is 2.04. The number of hydrogen-bond donors (Lipinski definition) is 0. The van der Waals surface area contributed by atoms with Gasteiger partial charge in [-0.05, 0) is 56.8 Å². The largest absolute Gasteiger partial charge is 0.0998 e. The van der Waals surface area contributed by atoms with Crippen LogP contribution in [0, 0.1) is 17.8 Å². The van der Waals surface area contributed by atoms with Gasteiger partial charge < -0.3 is 0 Å². The van der Waals surface area contributed by atoms with E-state index >= 15 is 0 Å². The lowest BCUT2D eigenvalue weighted by molar-refractivity contribution is 0.234. The summed E-state index contributed by atoms with van der Waals surface area (Å²) in [5.41, 5.74) is 4.99. The number of allylic oxidation sites excluding steroid dienone is 3. The molecule has 0 aromatic heterocycles. The van der Waals surface area contributed by atoms with Crippen LogP contribution in [-0.4, -0.2) is 0 Å². The fraction of sp³-hybridized carbons (Fsp3) is 0.733. The van der Waals surface area contributed by atoms with E-state index in [0.29, 0.717) is 0 Å². The Balaban J connectivity index is 2.26. The Hall–Kier alpha value is -0.520. The van der Waals surface area contributed by atoms with Crippen LogP contribution in [0.4, 0.5) is 0 Å². The SMILES string of the molecule is C=C1CCC2=C(C)CC[C@@H](C(C)C)[C@H]2C1. The van der Waals surface area contributed by atoms with E-state index in [1.165, 1.54) is 37.7 Å². The summed E-state index contributed by atoms with van der Waals surface area (Å²) in [6, 6.07) is 0. The minimum absolute atomic E-state index is 0.837. The van der Waals surface area contributed by atoms with E-state index in [4.69, 9.17) is 0 Å². The van der Waals surface area contributed by atoms with Gasteiger partial charge in [0.1, 0.15) is 0 Å². The fourth-order valence-corrected chi connectivity index (χ4v) is 3.52. The van der Waals surface area contributed by atoms with Gasteiger partial charge in [-0.15, -0.1) is 0 Å². The van der Waals surface area contributed by atoms with E-state index in [2.05, 4.69) is 27.4 Å². The van der Waals surface area contributed by atoms with Gasteiger partial charge in [-0.3, -0.25) is 0 Å². The Morgan fingerprint density at radius 1 is 1.20 bits per heavy atom. The van der Waals surface area contributed by atoms with Gasteiger partial charge in [0.15, 0.2) is 0 Å². The minimum atomic E-state index is 0.837. The molecule has 1 saturated carbocycles. The molecule has 0 amide bonds. The molecular formula is C15H24. The van der Waals surface area contributed by atoms with Crippen molar-refractivity contribution in [3.63, 3.8) is 0 Å². The van der Waals surface area contributed by atoms with Crippen LogP contribution in [0.2, 0.25) is 0 Å². The van der Waals surface area contributed by atoms with Crippen molar-refractivity contribution < 1.29 is 0 Å². The van der Waals surface area contributed by atoms with Crippen LogP contribution in [0.3, 0.4) is 0 Å². The zero-order chi connectivity index (χ0) is 11.0. The highest BCUT2D eigenvalue weighted by Gasteiger charge is 2.34. The standard InChI is InChI=1S/C15H24/c1-10(2)13-8-6-12(4)14-7-5-11(3)9-15(13)14/h10,13,15H,3,5-9H2,1-2,4H3/t13-,15+/m0/s1. The summed E-state index contributed by atoms with van der Waals surface area (Å²) in [6.07, 6.45) is 6.58. The monoisotopic (exact) mass is 204 g/mol. The number of hydrogen-bond acceptors (Lipinski definition) is 0. The molecule has 2 rings (SSSR count). The molecule has 0 aliphatic heterocycles. The van der Waals surface area contributed by atoms with Crippen LogP contribution in [0.1, 0.15) is 52.9 Å². The summed E-state index contributed by atoms with van der Waals surface area (Å²) in [5, 5.41) is 0. The number of fused-ring (bicyclic) bond motifs is 1. The van der Waals surface area contributed by atoms with Crippen molar-refractivity contribution in [1.29, 1.82) is 0 Å². The Labute approximate surface area is 94.5 Å². The van der Waals surface area contributed by atoms with Gasteiger partial charge in [-0.1, -0.05) is 37.1 Å². The first-order valence-electron chi connectivity index (χ1n) is 6.44. The van der Waals surface area contributed by atoms with Gasteiger partial charge in [0.05, 0.1) is 0 Å². The first-order chi connectivity index (χ1) is 7.09. The van der Waals surface area contributed by atoms with Crippen LogP contribution in [0.5, 0.6) is 0 Å². The molecule has 0 heterocycles. The van der Waals surface area contributed by atoms with E-state index < -0.39 is 0 Å². The summed E-state index contributed by atoms with van der Waals surface area (Å²) in [6.45, 7) is 11.3. The Kier molecular flexibility index (Phi) is 3.04. The van der Waals surface area contributed by atoms with Crippen molar-refractivity contribution in [2.24, 2.45) is 17.8 Å². The molecular weight excluding hydrogens is 180 g/mol. The second-order valence-corrected chi connectivity index (χ2v) is 5.81. The highest BCUT2D eigenvalue weighted by Crippen LogP contribution is 2.46.